The number of benzene rings is 2. The van der Waals surface area contributed by atoms with E-state index < -0.39 is 10.0 Å². The van der Waals surface area contributed by atoms with Crippen molar-refractivity contribution in [1.82, 2.24) is 4.98 Å². The molecule has 0 atom stereocenters. The number of rotatable bonds is 6. The highest BCUT2D eigenvalue weighted by atomic mass is 32.2. The number of nitrogens with zero attached hydrogens (tertiary/aromatic N) is 1. The summed E-state index contributed by atoms with van der Waals surface area (Å²) < 4.78 is 40.4. The fraction of sp³-hybridized carbons (Fsp3) is 0.150. The molecule has 5 nitrogen and oxygen atoms in total. The van der Waals surface area contributed by atoms with Crippen LogP contribution in [0.5, 0.6) is 0 Å². The van der Waals surface area contributed by atoms with Crippen LogP contribution in [0.1, 0.15) is 25.3 Å². The second kappa shape index (κ2) is 7.75. The van der Waals surface area contributed by atoms with Crippen LogP contribution in [0.2, 0.25) is 0 Å². The Balaban J connectivity index is 1.70. The van der Waals surface area contributed by atoms with Gasteiger partial charge < -0.3 is 5.32 Å². The number of halogens is 1. The minimum atomic E-state index is -3.71. The van der Waals surface area contributed by atoms with Crippen LogP contribution >= 0.6 is 0 Å². The third-order valence-electron chi connectivity index (χ3n) is 3.99. The third-order valence-corrected chi connectivity index (χ3v) is 5.36. The van der Waals surface area contributed by atoms with E-state index in [-0.39, 0.29) is 16.5 Å². The van der Waals surface area contributed by atoms with E-state index >= 15 is 0 Å². The highest BCUT2D eigenvalue weighted by Crippen LogP contribution is 2.21. The van der Waals surface area contributed by atoms with Gasteiger partial charge in [-0.2, -0.15) is 0 Å². The standard InChI is InChI=1S/C20H20FN3O2S/c1-14(2)15-3-10-19(11-4-15)27(25,26)24-20-12-9-18(13-22-20)23-17-7-5-16(21)6-8-17/h3-14,23H,1-2H3,(H,22,24). The number of hydrogen-bond donors (Lipinski definition) is 2. The van der Waals surface area contributed by atoms with E-state index in [1.54, 1.807) is 36.4 Å². The lowest BCUT2D eigenvalue weighted by Gasteiger charge is -2.10. The lowest BCUT2D eigenvalue weighted by molar-refractivity contribution is 0.601. The summed E-state index contributed by atoms with van der Waals surface area (Å²) in [7, 11) is -3.71. The van der Waals surface area contributed by atoms with Crippen LogP contribution < -0.4 is 10.0 Å². The van der Waals surface area contributed by atoms with E-state index in [1.165, 1.54) is 18.3 Å². The number of nitrogens with one attached hydrogen (secondary N) is 2. The van der Waals surface area contributed by atoms with Crippen molar-refractivity contribution in [3.63, 3.8) is 0 Å². The van der Waals surface area contributed by atoms with E-state index in [0.29, 0.717) is 17.3 Å². The van der Waals surface area contributed by atoms with Crippen LogP contribution in [-0.4, -0.2) is 13.4 Å². The van der Waals surface area contributed by atoms with Gasteiger partial charge in [0.25, 0.3) is 10.0 Å². The molecule has 0 aliphatic rings. The van der Waals surface area contributed by atoms with E-state index in [0.717, 1.165) is 5.56 Å². The summed E-state index contributed by atoms with van der Waals surface area (Å²) in [4.78, 5) is 4.30. The van der Waals surface area contributed by atoms with Crippen molar-refractivity contribution in [1.29, 1.82) is 0 Å². The maximum atomic E-state index is 12.9. The van der Waals surface area contributed by atoms with Gasteiger partial charge in [-0.25, -0.2) is 17.8 Å². The Morgan fingerprint density at radius 1 is 0.889 bits per heavy atom. The first-order valence-corrected chi connectivity index (χ1v) is 9.93. The van der Waals surface area contributed by atoms with Gasteiger partial charge in [0.15, 0.2) is 0 Å². The molecule has 0 bridgehead atoms. The molecule has 0 unspecified atom stereocenters. The van der Waals surface area contributed by atoms with Crippen molar-refractivity contribution in [3.05, 3.63) is 78.2 Å². The monoisotopic (exact) mass is 385 g/mol. The zero-order valence-electron chi connectivity index (χ0n) is 15.0. The molecule has 27 heavy (non-hydrogen) atoms. The molecule has 0 saturated heterocycles. The third kappa shape index (κ3) is 4.83. The summed E-state index contributed by atoms with van der Waals surface area (Å²) >= 11 is 0. The lowest BCUT2D eigenvalue weighted by atomic mass is 10.0. The Hall–Kier alpha value is -2.93. The summed E-state index contributed by atoms with van der Waals surface area (Å²) in [5.74, 6) is 0.231. The van der Waals surface area contributed by atoms with Gasteiger partial charge in [0.1, 0.15) is 11.6 Å². The van der Waals surface area contributed by atoms with Crippen LogP contribution in [0.3, 0.4) is 0 Å². The van der Waals surface area contributed by atoms with Crippen LogP contribution in [0.25, 0.3) is 0 Å². The fourth-order valence-electron chi connectivity index (χ4n) is 2.46. The van der Waals surface area contributed by atoms with Crippen molar-refractivity contribution in [2.75, 3.05) is 10.0 Å². The van der Waals surface area contributed by atoms with Crippen molar-refractivity contribution in [2.24, 2.45) is 0 Å². The van der Waals surface area contributed by atoms with Crippen molar-refractivity contribution in [2.45, 2.75) is 24.7 Å². The molecule has 3 aromatic rings. The maximum Gasteiger partial charge on any atom is 0.263 e. The summed E-state index contributed by atoms with van der Waals surface area (Å²) in [5.41, 5.74) is 2.44. The minimum absolute atomic E-state index is 0.183. The van der Waals surface area contributed by atoms with Crippen molar-refractivity contribution >= 4 is 27.2 Å². The molecule has 140 valence electrons. The van der Waals surface area contributed by atoms with Crippen LogP contribution in [-0.2, 0) is 10.0 Å². The molecular formula is C20H20FN3O2S. The summed E-state index contributed by atoms with van der Waals surface area (Å²) in [6, 6.07) is 15.9. The first kappa shape index (κ1) is 18.8. The Kier molecular flexibility index (Phi) is 5.41. The predicted octanol–water partition coefficient (Wildman–Crippen LogP) is 4.89. The normalized spacial score (nSPS) is 11.4. The zero-order chi connectivity index (χ0) is 19.4. The van der Waals surface area contributed by atoms with Crippen molar-refractivity contribution < 1.29 is 12.8 Å². The molecule has 0 fully saturated rings. The maximum absolute atomic E-state index is 12.9. The van der Waals surface area contributed by atoms with E-state index in [1.807, 2.05) is 26.0 Å². The van der Waals surface area contributed by atoms with Crippen LogP contribution in [0.4, 0.5) is 21.6 Å². The van der Waals surface area contributed by atoms with Gasteiger partial charge in [-0.1, -0.05) is 26.0 Å². The van der Waals surface area contributed by atoms with Gasteiger partial charge in [-0.05, 0) is 60.0 Å². The summed E-state index contributed by atoms with van der Waals surface area (Å²) in [5, 5.41) is 3.06. The smallest absolute Gasteiger partial charge is 0.263 e. The largest absolute Gasteiger partial charge is 0.354 e. The molecule has 1 heterocycles. The highest BCUT2D eigenvalue weighted by Gasteiger charge is 2.15. The van der Waals surface area contributed by atoms with Crippen molar-refractivity contribution in [3.8, 4) is 0 Å². The van der Waals surface area contributed by atoms with Gasteiger partial charge in [0, 0.05) is 5.69 Å². The Morgan fingerprint density at radius 2 is 1.52 bits per heavy atom. The molecule has 1 aromatic heterocycles. The fourth-order valence-corrected chi connectivity index (χ4v) is 3.46. The number of pyridine rings is 1. The second-order valence-electron chi connectivity index (χ2n) is 6.39. The topological polar surface area (TPSA) is 71.1 Å². The molecule has 3 rings (SSSR count). The first-order chi connectivity index (χ1) is 12.8. The average Bonchev–Trinajstić information content (AvgIpc) is 2.65. The molecule has 0 aliphatic carbocycles. The molecule has 7 heteroatoms. The Morgan fingerprint density at radius 3 is 2.07 bits per heavy atom. The molecular weight excluding hydrogens is 365 g/mol. The molecule has 2 N–H and O–H groups in total. The number of aromatic nitrogens is 1. The Bertz CT molecular complexity index is 1000. The molecule has 0 saturated carbocycles. The SMILES string of the molecule is CC(C)c1ccc(S(=O)(=O)Nc2ccc(Nc3ccc(F)cc3)cn2)cc1. The number of hydrogen-bond acceptors (Lipinski definition) is 4. The number of sulfonamides is 1. The van der Waals surface area contributed by atoms with Gasteiger partial charge in [-0.15, -0.1) is 0 Å². The van der Waals surface area contributed by atoms with Gasteiger partial charge in [0.2, 0.25) is 0 Å². The van der Waals surface area contributed by atoms with Gasteiger partial charge in [-0.3, -0.25) is 4.72 Å². The molecule has 0 aliphatic heterocycles. The van der Waals surface area contributed by atoms with Gasteiger partial charge in [0.05, 0.1) is 16.8 Å². The minimum Gasteiger partial charge on any atom is -0.354 e. The molecule has 0 spiro atoms. The van der Waals surface area contributed by atoms with Crippen LogP contribution in [0.15, 0.2) is 71.8 Å². The molecule has 0 amide bonds. The molecule has 2 aromatic carbocycles. The van der Waals surface area contributed by atoms with Crippen LogP contribution in [0, 0.1) is 5.82 Å². The lowest BCUT2D eigenvalue weighted by Crippen LogP contribution is -2.14. The van der Waals surface area contributed by atoms with E-state index in [2.05, 4.69) is 15.0 Å². The second-order valence-corrected chi connectivity index (χ2v) is 8.08. The van der Waals surface area contributed by atoms with Gasteiger partial charge >= 0.3 is 0 Å². The summed E-state index contributed by atoms with van der Waals surface area (Å²) in [6.07, 6.45) is 1.50. The number of anilines is 3. The van der Waals surface area contributed by atoms with E-state index in [4.69, 9.17) is 0 Å². The zero-order valence-corrected chi connectivity index (χ0v) is 15.8. The Labute approximate surface area is 158 Å². The summed E-state index contributed by atoms with van der Waals surface area (Å²) in [6.45, 7) is 4.10. The molecule has 0 radical (unpaired) electrons. The average molecular weight is 385 g/mol. The van der Waals surface area contributed by atoms with E-state index in [9.17, 15) is 12.8 Å². The quantitative estimate of drug-likeness (QED) is 0.634. The highest BCUT2D eigenvalue weighted by molar-refractivity contribution is 7.92. The first-order valence-electron chi connectivity index (χ1n) is 8.45. The predicted molar refractivity (Wildman–Crippen MR) is 105 cm³/mol.